The van der Waals surface area contributed by atoms with E-state index in [4.69, 9.17) is 4.74 Å². The van der Waals surface area contributed by atoms with Crippen LogP contribution in [0.15, 0.2) is 0 Å². The molecule has 1 fully saturated rings. The molecule has 0 aromatic rings. The molecule has 15 heavy (non-hydrogen) atoms. The lowest BCUT2D eigenvalue weighted by molar-refractivity contribution is -0.0838. The topological polar surface area (TPSA) is 21.3 Å². The van der Waals surface area contributed by atoms with Crippen LogP contribution in [0.3, 0.4) is 0 Å². The Kier molecular flexibility index (Phi) is 5.62. The highest BCUT2D eigenvalue weighted by molar-refractivity contribution is 4.92. The second-order valence-electron chi connectivity index (χ2n) is 4.84. The third-order valence-electron chi connectivity index (χ3n) is 3.72. The molecular formula is C13H27NO. The van der Waals surface area contributed by atoms with Crippen molar-refractivity contribution < 1.29 is 4.74 Å². The van der Waals surface area contributed by atoms with Gasteiger partial charge in [-0.15, -0.1) is 0 Å². The highest BCUT2D eigenvalue weighted by Gasteiger charge is 2.38. The molecule has 2 nitrogen and oxygen atoms in total. The van der Waals surface area contributed by atoms with E-state index >= 15 is 0 Å². The molecule has 0 aliphatic heterocycles. The van der Waals surface area contributed by atoms with E-state index in [0.29, 0.717) is 6.04 Å². The Morgan fingerprint density at radius 2 is 2.07 bits per heavy atom. The van der Waals surface area contributed by atoms with Crippen LogP contribution >= 0.6 is 0 Å². The van der Waals surface area contributed by atoms with Gasteiger partial charge in [-0.05, 0) is 38.6 Å². The molecule has 0 saturated heterocycles. The lowest BCUT2D eigenvalue weighted by Gasteiger charge is -2.43. The minimum Gasteiger partial charge on any atom is -0.378 e. The smallest absolute Gasteiger partial charge is 0.0693 e. The van der Waals surface area contributed by atoms with Gasteiger partial charge in [0, 0.05) is 13.2 Å². The highest BCUT2D eigenvalue weighted by Crippen LogP contribution is 2.39. The molecule has 1 saturated carbocycles. The van der Waals surface area contributed by atoms with E-state index in [0.717, 1.165) is 6.54 Å². The number of rotatable bonds is 8. The Morgan fingerprint density at radius 3 is 2.47 bits per heavy atom. The highest BCUT2D eigenvalue weighted by atomic mass is 16.5. The summed E-state index contributed by atoms with van der Waals surface area (Å²) in [6.45, 7) is 5.53. The summed E-state index contributed by atoms with van der Waals surface area (Å²) in [4.78, 5) is 0. The van der Waals surface area contributed by atoms with E-state index in [9.17, 15) is 0 Å². The van der Waals surface area contributed by atoms with Crippen LogP contribution in [-0.4, -0.2) is 25.3 Å². The lowest BCUT2D eigenvalue weighted by atomic mass is 9.75. The minimum atomic E-state index is 0.223. The van der Waals surface area contributed by atoms with Crippen molar-refractivity contribution in [2.45, 2.75) is 70.4 Å². The van der Waals surface area contributed by atoms with Crippen molar-refractivity contribution in [3.8, 4) is 0 Å². The zero-order chi connectivity index (χ0) is 11.1. The van der Waals surface area contributed by atoms with E-state index < -0.39 is 0 Å². The molecule has 0 radical (unpaired) electrons. The molecule has 1 unspecified atom stereocenters. The van der Waals surface area contributed by atoms with Crippen LogP contribution in [0, 0.1) is 0 Å². The molecule has 0 amide bonds. The summed E-state index contributed by atoms with van der Waals surface area (Å²) in [5, 5.41) is 3.60. The third-order valence-corrected chi connectivity index (χ3v) is 3.72. The zero-order valence-electron chi connectivity index (χ0n) is 10.6. The maximum Gasteiger partial charge on any atom is 0.0693 e. The third kappa shape index (κ3) is 3.76. The summed E-state index contributed by atoms with van der Waals surface area (Å²) in [6.07, 6.45) is 9.00. The van der Waals surface area contributed by atoms with Gasteiger partial charge in [0.25, 0.3) is 0 Å². The van der Waals surface area contributed by atoms with Crippen LogP contribution in [0.1, 0.15) is 58.8 Å². The van der Waals surface area contributed by atoms with Crippen molar-refractivity contribution in [1.29, 1.82) is 0 Å². The van der Waals surface area contributed by atoms with Crippen LogP contribution in [-0.2, 0) is 4.74 Å². The normalized spacial score (nSPS) is 21.0. The van der Waals surface area contributed by atoms with Crippen LogP contribution < -0.4 is 5.32 Å². The molecule has 2 heteroatoms. The fourth-order valence-corrected chi connectivity index (χ4v) is 2.53. The SMILES string of the molecule is CCCCC(CC1(OC)CCC1)NCC. The first-order chi connectivity index (χ1) is 7.26. The molecule has 1 atom stereocenters. The van der Waals surface area contributed by atoms with E-state index in [-0.39, 0.29) is 5.60 Å². The summed E-state index contributed by atoms with van der Waals surface area (Å²) in [7, 11) is 1.88. The summed E-state index contributed by atoms with van der Waals surface area (Å²) < 4.78 is 5.69. The second-order valence-corrected chi connectivity index (χ2v) is 4.84. The maximum absolute atomic E-state index is 5.69. The number of methoxy groups -OCH3 is 1. The largest absolute Gasteiger partial charge is 0.378 e. The predicted molar refractivity (Wildman–Crippen MR) is 65.2 cm³/mol. The molecule has 1 aliphatic rings. The monoisotopic (exact) mass is 213 g/mol. The van der Waals surface area contributed by atoms with Crippen molar-refractivity contribution in [3.05, 3.63) is 0 Å². The van der Waals surface area contributed by atoms with Gasteiger partial charge in [0.05, 0.1) is 5.60 Å². The van der Waals surface area contributed by atoms with Gasteiger partial charge in [0.15, 0.2) is 0 Å². The van der Waals surface area contributed by atoms with Crippen LogP contribution in [0.25, 0.3) is 0 Å². The molecule has 90 valence electrons. The first kappa shape index (κ1) is 13.0. The Bertz CT molecular complexity index is 160. The van der Waals surface area contributed by atoms with E-state index in [1.54, 1.807) is 0 Å². The maximum atomic E-state index is 5.69. The molecule has 0 spiro atoms. The van der Waals surface area contributed by atoms with Crippen LogP contribution in [0.5, 0.6) is 0 Å². The Hall–Kier alpha value is -0.0800. The molecule has 0 aromatic carbocycles. The van der Waals surface area contributed by atoms with Gasteiger partial charge in [-0.3, -0.25) is 0 Å². The lowest BCUT2D eigenvalue weighted by Crippen LogP contribution is -2.45. The van der Waals surface area contributed by atoms with E-state index in [2.05, 4.69) is 19.2 Å². The van der Waals surface area contributed by atoms with Gasteiger partial charge >= 0.3 is 0 Å². The van der Waals surface area contributed by atoms with E-state index in [1.165, 1.54) is 44.9 Å². The molecule has 1 aliphatic carbocycles. The number of nitrogens with one attached hydrogen (secondary N) is 1. The summed E-state index contributed by atoms with van der Waals surface area (Å²) in [6, 6.07) is 0.662. The fraction of sp³-hybridized carbons (Fsp3) is 1.00. The fourth-order valence-electron chi connectivity index (χ4n) is 2.53. The quantitative estimate of drug-likeness (QED) is 0.669. The average molecular weight is 213 g/mol. The predicted octanol–water partition coefficient (Wildman–Crippen LogP) is 3.11. The molecule has 0 aromatic heterocycles. The van der Waals surface area contributed by atoms with Gasteiger partial charge in [-0.2, -0.15) is 0 Å². The average Bonchev–Trinajstić information content (AvgIpc) is 2.20. The number of unbranched alkanes of at least 4 members (excludes halogenated alkanes) is 1. The van der Waals surface area contributed by atoms with Gasteiger partial charge in [-0.1, -0.05) is 26.7 Å². The number of hydrogen-bond acceptors (Lipinski definition) is 2. The summed E-state index contributed by atoms with van der Waals surface area (Å²) >= 11 is 0. The van der Waals surface area contributed by atoms with E-state index in [1.807, 2.05) is 7.11 Å². The molecule has 0 heterocycles. The zero-order valence-corrected chi connectivity index (χ0v) is 10.6. The van der Waals surface area contributed by atoms with Crippen molar-refractivity contribution in [3.63, 3.8) is 0 Å². The molecular weight excluding hydrogens is 186 g/mol. The summed E-state index contributed by atoms with van der Waals surface area (Å²) in [5.41, 5.74) is 0.223. The van der Waals surface area contributed by atoms with Crippen LogP contribution in [0.4, 0.5) is 0 Å². The summed E-state index contributed by atoms with van der Waals surface area (Å²) in [5.74, 6) is 0. The minimum absolute atomic E-state index is 0.223. The van der Waals surface area contributed by atoms with Crippen molar-refractivity contribution in [1.82, 2.24) is 5.32 Å². The standard InChI is InChI=1S/C13H27NO/c1-4-6-8-12(14-5-2)11-13(15-3)9-7-10-13/h12,14H,4-11H2,1-3H3. The molecule has 0 bridgehead atoms. The molecule has 1 N–H and O–H groups in total. The van der Waals surface area contributed by atoms with Gasteiger partial charge < -0.3 is 10.1 Å². The van der Waals surface area contributed by atoms with Crippen LogP contribution in [0.2, 0.25) is 0 Å². The number of hydrogen-bond donors (Lipinski definition) is 1. The van der Waals surface area contributed by atoms with Gasteiger partial charge in [-0.25, -0.2) is 0 Å². The Labute approximate surface area is 94.8 Å². The Morgan fingerprint density at radius 1 is 1.33 bits per heavy atom. The Balaban J connectivity index is 2.34. The second kappa shape index (κ2) is 6.49. The van der Waals surface area contributed by atoms with Crippen molar-refractivity contribution in [2.75, 3.05) is 13.7 Å². The molecule has 1 rings (SSSR count). The van der Waals surface area contributed by atoms with Crippen molar-refractivity contribution in [2.24, 2.45) is 0 Å². The van der Waals surface area contributed by atoms with Crippen molar-refractivity contribution >= 4 is 0 Å². The first-order valence-electron chi connectivity index (χ1n) is 6.55. The van der Waals surface area contributed by atoms with Gasteiger partial charge in [0.2, 0.25) is 0 Å². The number of ether oxygens (including phenoxy) is 1. The first-order valence-corrected chi connectivity index (χ1v) is 6.55. The van der Waals surface area contributed by atoms with Gasteiger partial charge in [0.1, 0.15) is 0 Å².